The van der Waals surface area contributed by atoms with Crippen LogP contribution in [-0.2, 0) is 4.79 Å². The van der Waals surface area contributed by atoms with E-state index in [-0.39, 0.29) is 16.3 Å². The van der Waals surface area contributed by atoms with Crippen LogP contribution < -0.4 is 4.90 Å². The van der Waals surface area contributed by atoms with Crippen molar-refractivity contribution in [2.75, 3.05) is 11.4 Å². The molecule has 0 aromatic carbocycles. The molecule has 1 amide bonds. The van der Waals surface area contributed by atoms with E-state index in [0.29, 0.717) is 12.4 Å². The van der Waals surface area contributed by atoms with E-state index in [4.69, 9.17) is 5.11 Å². The zero-order chi connectivity index (χ0) is 12.2. The van der Waals surface area contributed by atoms with Gasteiger partial charge in [0.25, 0.3) is 0 Å². The number of carboxylic acids is 1. The molecule has 0 bridgehead atoms. The van der Waals surface area contributed by atoms with E-state index in [2.05, 4.69) is 4.98 Å². The average Bonchev–Trinajstić information content (AvgIpc) is 2.85. The molecule has 1 aliphatic heterocycles. The molecule has 0 saturated heterocycles. The zero-order valence-corrected chi connectivity index (χ0v) is 10.1. The van der Waals surface area contributed by atoms with Gasteiger partial charge in [0.2, 0.25) is 5.91 Å². The first-order valence-corrected chi connectivity index (χ1v) is 6.26. The van der Waals surface area contributed by atoms with E-state index < -0.39 is 5.97 Å². The highest BCUT2D eigenvalue weighted by Gasteiger charge is 2.50. The summed E-state index contributed by atoms with van der Waals surface area (Å²) in [6.45, 7) is 2.19. The second-order valence-corrected chi connectivity index (χ2v) is 6.10. The van der Waals surface area contributed by atoms with Crippen LogP contribution in [0.15, 0.2) is 11.0 Å². The maximum Gasteiger partial charge on any atom is 0.352 e. The van der Waals surface area contributed by atoms with E-state index in [1.165, 1.54) is 6.92 Å². The number of hydrogen-bond donors (Lipinski definition) is 2. The number of rotatable bonds is 1. The molecule has 2 N–H and O–H groups in total. The van der Waals surface area contributed by atoms with Crippen molar-refractivity contribution < 1.29 is 14.7 Å². The first kappa shape index (κ1) is 10.7. The molecule has 5 nitrogen and oxygen atoms in total. The number of hydrogen-bond acceptors (Lipinski definition) is 3. The highest BCUT2D eigenvalue weighted by atomic mass is 32.2. The van der Waals surface area contributed by atoms with Gasteiger partial charge in [0, 0.05) is 18.2 Å². The van der Waals surface area contributed by atoms with Gasteiger partial charge in [-0.3, -0.25) is 9.69 Å². The minimum Gasteiger partial charge on any atom is -0.477 e. The maximum absolute atomic E-state index is 11.6. The molecule has 1 fully saturated rings. The lowest BCUT2D eigenvalue weighted by atomic mass is 10.3. The number of amides is 1. The van der Waals surface area contributed by atoms with Crippen LogP contribution in [0, 0.1) is 0 Å². The molecular formula is C11H12N2O3S. The van der Waals surface area contributed by atoms with Crippen molar-refractivity contribution >= 4 is 29.5 Å². The molecular weight excluding hydrogens is 240 g/mol. The third kappa shape index (κ3) is 1.63. The number of aromatic nitrogens is 1. The van der Waals surface area contributed by atoms with Crippen LogP contribution in [0.2, 0.25) is 0 Å². The predicted octanol–water partition coefficient (Wildman–Crippen LogP) is 1.70. The predicted molar refractivity (Wildman–Crippen MR) is 63.6 cm³/mol. The molecule has 6 heteroatoms. The number of H-pyrrole nitrogens is 1. The van der Waals surface area contributed by atoms with Crippen LogP contribution in [0.25, 0.3) is 0 Å². The topological polar surface area (TPSA) is 73.4 Å². The summed E-state index contributed by atoms with van der Waals surface area (Å²) in [6, 6.07) is 1.62. The summed E-state index contributed by atoms with van der Waals surface area (Å²) in [7, 11) is 0. The van der Waals surface area contributed by atoms with E-state index in [1.807, 2.05) is 0 Å². The number of carboxylic acid groups (broad SMARTS) is 1. The maximum atomic E-state index is 11.6. The fourth-order valence-corrected chi connectivity index (χ4v) is 3.52. The van der Waals surface area contributed by atoms with Gasteiger partial charge in [-0.15, -0.1) is 11.8 Å². The van der Waals surface area contributed by atoms with Crippen LogP contribution in [0.4, 0.5) is 5.82 Å². The van der Waals surface area contributed by atoms with Crippen LogP contribution in [0.5, 0.6) is 0 Å². The number of nitrogens with zero attached hydrogens (tertiary/aromatic N) is 1. The summed E-state index contributed by atoms with van der Waals surface area (Å²) in [5, 5.41) is 8.96. The summed E-state index contributed by atoms with van der Waals surface area (Å²) < 4.78 is 0.136. The molecule has 0 radical (unpaired) electrons. The summed E-state index contributed by atoms with van der Waals surface area (Å²) in [5.74, 6) is -0.401. The Morgan fingerprint density at radius 3 is 2.76 bits per heavy atom. The number of thioether (sulfide) groups is 1. The highest BCUT2D eigenvalue weighted by Crippen LogP contribution is 2.57. The number of nitrogens with one attached hydrogen (secondary N) is 1. The molecule has 1 aliphatic carbocycles. The van der Waals surface area contributed by atoms with Gasteiger partial charge in [0.1, 0.15) is 11.5 Å². The number of carbonyl (C=O) groups excluding carboxylic acids is 1. The number of fused-ring (bicyclic) bond motifs is 1. The molecule has 1 saturated carbocycles. The van der Waals surface area contributed by atoms with E-state index >= 15 is 0 Å². The first-order valence-electron chi connectivity index (χ1n) is 5.44. The van der Waals surface area contributed by atoms with Gasteiger partial charge in [-0.1, -0.05) is 0 Å². The van der Waals surface area contributed by atoms with Gasteiger partial charge in [-0.2, -0.15) is 0 Å². The standard InChI is InChI=1S/C11H12N2O3S/c1-6(14)13-5-11(2-3-11)17-8-4-7(10(15)16)12-9(8)13/h4,12H,2-3,5H2,1H3,(H,15,16). The fraction of sp³-hybridized carbons (Fsp3) is 0.455. The van der Waals surface area contributed by atoms with Crippen molar-refractivity contribution in [1.82, 2.24) is 4.98 Å². The van der Waals surface area contributed by atoms with Crippen molar-refractivity contribution in [2.24, 2.45) is 0 Å². The Morgan fingerprint density at radius 2 is 2.24 bits per heavy atom. The molecule has 17 heavy (non-hydrogen) atoms. The lowest BCUT2D eigenvalue weighted by molar-refractivity contribution is -0.116. The lowest BCUT2D eigenvalue weighted by Crippen LogP contribution is -2.39. The lowest BCUT2D eigenvalue weighted by Gasteiger charge is -2.31. The molecule has 0 unspecified atom stereocenters. The van der Waals surface area contributed by atoms with Gasteiger partial charge >= 0.3 is 5.97 Å². The molecule has 90 valence electrons. The summed E-state index contributed by atoms with van der Waals surface area (Å²) in [5.41, 5.74) is 0.145. The van der Waals surface area contributed by atoms with Crippen molar-refractivity contribution in [2.45, 2.75) is 29.4 Å². The third-order valence-electron chi connectivity index (χ3n) is 3.22. The molecule has 1 aromatic rings. The third-order valence-corrected chi connectivity index (χ3v) is 4.72. The monoisotopic (exact) mass is 252 g/mol. The molecule has 2 heterocycles. The second kappa shape index (κ2) is 3.29. The highest BCUT2D eigenvalue weighted by molar-refractivity contribution is 8.01. The largest absolute Gasteiger partial charge is 0.477 e. The Hall–Kier alpha value is -1.43. The van der Waals surface area contributed by atoms with Crippen LogP contribution >= 0.6 is 11.8 Å². The van der Waals surface area contributed by atoms with Gasteiger partial charge in [0.05, 0.1) is 4.90 Å². The van der Waals surface area contributed by atoms with Gasteiger partial charge in [0.15, 0.2) is 0 Å². The molecule has 1 aromatic heterocycles. The van der Waals surface area contributed by atoms with Crippen molar-refractivity contribution in [1.29, 1.82) is 0 Å². The Labute approximate surface area is 102 Å². The van der Waals surface area contributed by atoms with Crippen LogP contribution in [0.1, 0.15) is 30.3 Å². The quantitative estimate of drug-likeness (QED) is 0.798. The Morgan fingerprint density at radius 1 is 1.53 bits per heavy atom. The Bertz CT molecular complexity index is 519. The number of carbonyl (C=O) groups is 2. The van der Waals surface area contributed by atoms with E-state index in [9.17, 15) is 9.59 Å². The van der Waals surface area contributed by atoms with Gasteiger partial charge < -0.3 is 10.1 Å². The van der Waals surface area contributed by atoms with Crippen LogP contribution in [-0.4, -0.2) is 33.3 Å². The minimum absolute atomic E-state index is 0.0448. The number of anilines is 1. The van der Waals surface area contributed by atoms with Crippen LogP contribution in [0.3, 0.4) is 0 Å². The zero-order valence-electron chi connectivity index (χ0n) is 9.32. The fourth-order valence-electron chi connectivity index (χ4n) is 2.12. The van der Waals surface area contributed by atoms with E-state index in [1.54, 1.807) is 22.7 Å². The Balaban J connectivity index is 2.05. The summed E-state index contributed by atoms with van der Waals surface area (Å²) in [6.07, 6.45) is 2.18. The van der Waals surface area contributed by atoms with E-state index in [0.717, 1.165) is 17.7 Å². The molecule has 1 spiro atoms. The van der Waals surface area contributed by atoms with Gasteiger partial charge in [-0.25, -0.2) is 4.79 Å². The SMILES string of the molecule is CC(=O)N1CC2(CC2)Sc2cc(C(=O)O)[nH]c21. The summed E-state index contributed by atoms with van der Waals surface area (Å²) in [4.78, 5) is 27.9. The number of aromatic carboxylic acids is 1. The number of aromatic amines is 1. The summed E-state index contributed by atoms with van der Waals surface area (Å²) >= 11 is 1.70. The molecule has 2 aliphatic rings. The van der Waals surface area contributed by atoms with Crippen molar-refractivity contribution in [3.05, 3.63) is 11.8 Å². The van der Waals surface area contributed by atoms with Crippen molar-refractivity contribution in [3.8, 4) is 0 Å². The Kier molecular flexibility index (Phi) is 2.07. The minimum atomic E-state index is -0.992. The molecule has 3 rings (SSSR count). The molecule has 0 atom stereocenters. The normalized spacial score (nSPS) is 20.2. The first-order chi connectivity index (χ1) is 8.01. The second-order valence-electron chi connectivity index (χ2n) is 4.59. The smallest absolute Gasteiger partial charge is 0.352 e. The van der Waals surface area contributed by atoms with Gasteiger partial charge in [-0.05, 0) is 18.9 Å². The average molecular weight is 252 g/mol. The van der Waals surface area contributed by atoms with Crippen molar-refractivity contribution in [3.63, 3.8) is 0 Å².